The van der Waals surface area contributed by atoms with E-state index in [0.29, 0.717) is 13.0 Å². The summed E-state index contributed by atoms with van der Waals surface area (Å²) in [5.41, 5.74) is 2.20. The van der Waals surface area contributed by atoms with E-state index in [0.717, 1.165) is 24.2 Å². The van der Waals surface area contributed by atoms with Gasteiger partial charge in [0.05, 0.1) is 12.6 Å². The topological polar surface area (TPSA) is 69.0 Å². The van der Waals surface area contributed by atoms with E-state index in [1.165, 1.54) is 11.9 Å². The van der Waals surface area contributed by atoms with Gasteiger partial charge < -0.3 is 10.1 Å². The summed E-state index contributed by atoms with van der Waals surface area (Å²) in [5, 5.41) is 7.13. The molecule has 0 unspecified atom stereocenters. The van der Waals surface area contributed by atoms with Gasteiger partial charge in [-0.25, -0.2) is 4.98 Å². The van der Waals surface area contributed by atoms with E-state index in [2.05, 4.69) is 42.2 Å². The number of carbonyl (C=O) groups is 1. The molecule has 0 bridgehead atoms. The van der Waals surface area contributed by atoms with Gasteiger partial charge in [-0.15, -0.1) is 0 Å². The Morgan fingerprint density at radius 2 is 2.29 bits per heavy atom. The summed E-state index contributed by atoms with van der Waals surface area (Å²) < 4.78 is 7.58. The normalized spacial score (nSPS) is 16.3. The summed E-state index contributed by atoms with van der Waals surface area (Å²) >= 11 is 0. The summed E-state index contributed by atoms with van der Waals surface area (Å²) in [7, 11) is 0. The largest absolute Gasteiger partial charge is 0.487 e. The smallest absolute Gasteiger partial charge is 0.222 e. The highest BCUT2D eigenvalue weighted by atomic mass is 16.5. The second-order valence-corrected chi connectivity index (χ2v) is 6.84. The minimum absolute atomic E-state index is 0.0160. The number of carbonyl (C=O) groups excluding carboxylic acids is 1. The Hall–Kier alpha value is -2.37. The molecule has 1 N–H and O–H groups in total. The van der Waals surface area contributed by atoms with Crippen molar-refractivity contribution in [2.24, 2.45) is 0 Å². The van der Waals surface area contributed by atoms with E-state index < -0.39 is 0 Å². The Labute approximate surface area is 142 Å². The van der Waals surface area contributed by atoms with Crippen molar-refractivity contribution >= 4 is 5.91 Å². The number of benzene rings is 1. The zero-order valence-corrected chi connectivity index (χ0v) is 14.5. The van der Waals surface area contributed by atoms with Crippen molar-refractivity contribution in [1.82, 2.24) is 20.1 Å². The lowest BCUT2D eigenvalue weighted by Crippen LogP contribution is -2.29. The van der Waals surface area contributed by atoms with Crippen LogP contribution >= 0.6 is 0 Å². The van der Waals surface area contributed by atoms with E-state index in [1.54, 1.807) is 11.0 Å². The molecule has 1 atom stereocenters. The van der Waals surface area contributed by atoms with Crippen LogP contribution in [0.4, 0.5) is 0 Å². The van der Waals surface area contributed by atoms with E-state index in [9.17, 15) is 4.79 Å². The van der Waals surface area contributed by atoms with Crippen molar-refractivity contribution in [3.05, 3.63) is 42.0 Å². The van der Waals surface area contributed by atoms with Crippen LogP contribution < -0.4 is 10.1 Å². The molecule has 3 rings (SSSR count). The Bertz CT molecular complexity index is 710. The quantitative estimate of drug-likeness (QED) is 0.885. The van der Waals surface area contributed by atoms with Crippen LogP contribution in [0.15, 0.2) is 30.9 Å². The molecule has 1 aliphatic heterocycles. The lowest BCUT2D eigenvalue weighted by Gasteiger charge is -2.18. The first kappa shape index (κ1) is 16.5. The van der Waals surface area contributed by atoms with Crippen molar-refractivity contribution < 1.29 is 9.53 Å². The highest BCUT2D eigenvalue weighted by Gasteiger charge is 2.30. The molecule has 0 radical (unpaired) electrons. The van der Waals surface area contributed by atoms with Gasteiger partial charge >= 0.3 is 0 Å². The molecule has 1 aliphatic rings. The zero-order chi connectivity index (χ0) is 17.2. The van der Waals surface area contributed by atoms with Gasteiger partial charge in [0, 0.05) is 12.8 Å². The molecule has 6 heteroatoms. The number of ether oxygens (including phenoxy) is 1. The average molecular weight is 328 g/mol. The summed E-state index contributed by atoms with van der Waals surface area (Å²) in [4.78, 5) is 16.1. The van der Waals surface area contributed by atoms with Crippen LogP contribution in [0, 0.1) is 0 Å². The van der Waals surface area contributed by atoms with Gasteiger partial charge in [-0.2, -0.15) is 5.10 Å². The summed E-state index contributed by atoms with van der Waals surface area (Å²) in [6.45, 7) is 6.80. The molecular weight excluding hydrogens is 304 g/mol. The van der Waals surface area contributed by atoms with E-state index in [1.807, 2.05) is 12.1 Å². The van der Waals surface area contributed by atoms with E-state index in [4.69, 9.17) is 4.74 Å². The molecule has 0 saturated heterocycles. The molecule has 1 amide bonds. The van der Waals surface area contributed by atoms with E-state index in [-0.39, 0.29) is 17.6 Å². The molecule has 2 heterocycles. The van der Waals surface area contributed by atoms with Crippen LogP contribution in [0.3, 0.4) is 0 Å². The maximum Gasteiger partial charge on any atom is 0.222 e. The van der Waals surface area contributed by atoms with Crippen molar-refractivity contribution in [3.8, 4) is 5.75 Å². The fourth-order valence-corrected chi connectivity index (χ4v) is 3.10. The maximum atomic E-state index is 12.2. The van der Waals surface area contributed by atoms with Crippen LogP contribution in [0.25, 0.3) is 0 Å². The average Bonchev–Trinajstić information content (AvgIpc) is 3.15. The van der Waals surface area contributed by atoms with Gasteiger partial charge in [0.2, 0.25) is 5.91 Å². The van der Waals surface area contributed by atoms with Crippen molar-refractivity contribution in [2.75, 3.05) is 0 Å². The van der Waals surface area contributed by atoms with Crippen LogP contribution in [0.1, 0.15) is 50.8 Å². The molecule has 6 nitrogen and oxygen atoms in total. The Kier molecular flexibility index (Phi) is 4.55. The number of aryl methyl sites for hydroxylation is 1. The predicted molar refractivity (Wildman–Crippen MR) is 90.7 cm³/mol. The summed E-state index contributed by atoms with van der Waals surface area (Å²) in [5.74, 6) is 0.977. The molecule has 0 fully saturated rings. The zero-order valence-electron chi connectivity index (χ0n) is 14.5. The number of nitrogens with zero attached hydrogens (tertiary/aromatic N) is 3. The van der Waals surface area contributed by atoms with Gasteiger partial charge in [-0.1, -0.05) is 13.0 Å². The number of hydrogen-bond acceptors (Lipinski definition) is 4. The van der Waals surface area contributed by atoms with Crippen molar-refractivity contribution in [1.29, 1.82) is 0 Å². The molecule has 1 aromatic carbocycles. The summed E-state index contributed by atoms with van der Waals surface area (Å²) in [6.07, 6.45) is 5.22. The molecule has 1 aromatic heterocycles. The van der Waals surface area contributed by atoms with E-state index >= 15 is 0 Å². The van der Waals surface area contributed by atoms with Gasteiger partial charge in [0.15, 0.2) is 0 Å². The second-order valence-electron chi connectivity index (χ2n) is 6.84. The predicted octanol–water partition coefficient (Wildman–Crippen LogP) is 2.65. The number of aromatic nitrogens is 3. The highest BCUT2D eigenvalue weighted by molar-refractivity contribution is 5.76. The minimum atomic E-state index is -0.149. The van der Waals surface area contributed by atoms with Crippen LogP contribution in [-0.4, -0.2) is 26.3 Å². The Morgan fingerprint density at radius 3 is 3.00 bits per heavy atom. The SMILES string of the molecule is CC[C@H](NC(=O)CCn1cncn1)c1ccc2c(c1)CC(C)(C)O2. The molecule has 24 heavy (non-hydrogen) atoms. The lowest BCUT2D eigenvalue weighted by atomic mass is 9.97. The third-order valence-electron chi connectivity index (χ3n) is 4.27. The van der Waals surface area contributed by atoms with Crippen LogP contribution in [0.5, 0.6) is 5.75 Å². The third-order valence-corrected chi connectivity index (χ3v) is 4.27. The number of hydrogen-bond donors (Lipinski definition) is 1. The fourth-order valence-electron chi connectivity index (χ4n) is 3.10. The van der Waals surface area contributed by atoms with Gasteiger partial charge in [0.1, 0.15) is 24.0 Å². The van der Waals surface area contributed by atoms with Gasteiger partial charge in [-0.3, -0.25) is 9.48 Å². The molecule has 128 valence electrons. The first-order valence-corrected chi connectivity index (χ1v) is 8.40. The molecular formula is C18H24N4O2. The second kappa shape index (κ2) is 6.63. The minimum Gasteiger partial charge on any atom is -0.487 e. The maximum absolute atomic E-state index is 12.2. The first-order chi connectivity index (χ1) is 11.5. The molecule has 0 aliphatic carbocycles. The van der Waals surface area contributed by atoms with Gasteiger partial charge in [-0.05, 0) is 43.5 Å². The van der Waals surface area contributed by atoms with Crippen LogP contribution in [0.2, 0.25) is 0 Å². The first-order valence-electron chi connectivity index (χ1n) is 8.40. The van der Waals surface area contributed by atoms with Crippen LogP contribution in [-0.2, 0) is 17.8 Å². The molecule has 0 saturated carbocycles. The number of fused-ring (bicyclic) bond motifs is 1. The van der Waals surface area contributed by atoms with Crippen molar-refractivity contribution in [3.63, 3.8) is 0 Å². The van der Waals surface area contributed by atoms with Gasteiger partial charge in [0.25, 0.3) is 0 Å². The lowest BCUT2D eigenvalue weighted by molar-refractivity contribution is -0.122. The molecule has 0 spiro atoms. The summed E-state index contributed by atoms with van der Waals surface area (Å²) in [6, 6.07) is 6.24. The standard InChI is InChI=1S/C18H24N4O2/c1-4-15(21-17(23)7-8-22-12-19-11-20-22)13-5-6-16-14(9-13)10-18(2,3)24-16/h5-6,9,11-12,15H,4,7-8,10H2,1-3H3,(H,21,23)/t15-/m0/s1. The van der Waals surface area contributed by atoms with Crippen molar-refractivity contribution in [2.45, 2.75) is 58.2 Å². The number of nitrogens with one attached hydrogen (secondary N) is 1. The third kappa shape index (κ3) is 3.75. The fraction of sp³-hybridized carbons (Fsp3) is 0.500. The molecule has 2 aromatic rings. The number of rotatable bonds is 6. The Morgan fingerprint density at radius 1 is 1.46 bits per heavy atom. The number of amides is 1. The highest BCUT2D eigenvalue weighted by Crippen LogP contribution is 2.36. The Balaban J connectivity index is 1.63. The monoisotopic (exact) mass is 328 g/mol.